The van der Waals surface area contributed by atoms with Crippen molar-refractivity contribution in [3.8, 4) is 0 Å². The summed E-state index contributed by atoms with van der Waals surface area (Å²) in [5, 5.41) is 6.52. The molecule has 0 fully saturated rings. The number of rotatable bonds is 8. The van der Waals surface area contributed by atoms with Gasteiger partial charge in [-0.25, -0.2) is 4.39 Å². The van der Waals surface area contributed by atoms with E-state index < -0.39 is 0 Å². The second kappa shape index (κ2) is 10.2. The summed E-state index contributed by atoms with van der Waals surface area (Å²) in [6.45, 7) is 9.63. The second-order valence-corrected chi connectivity index (χ2v) is 5.64. The Balaban J connectivity index is 2.39. The fourth-order valence-electron chi connectivity index (χ4n) is 1.94. The van der Waals surface area contributed by atoms with Gasteiger partial charge in [0.2, 0.25) is 0 Å². The molecule has 0 aliphatic carbocycles. The molecule has 124 valence electrons. The van der Waals surface area contributed by atoms with Crippen LogP contribution in [0.5, 0.6) is 0 Å². The van der Waals surface area contributed by atoms with Crippen molar-refractivity contribution in [2.75, 3.05) is 33.2 Å². The summed E-state index contributed by atoms with van der Waals surface area (Å²) in [7, 11) is 2.10. The van der Waals surface area contributed by atoms with Gasteiger partial charge in [-0.3, -0.25) is 4.99 Å². The number of hydrogen-bond acceptors (Lipinski definition) is 2. The summed E-state index contributed by atoms with van der Waals surface area (Å²) >= 11 is 0. The minimum absolute atomic E-state index is 0.185. The Morgan fingerprint density at radius 3 is 2.73 bits per heavy atom. The molecule has 0 bridgehead atoms. The summed E-state index contributed by atoms with van der Waals surface area (Å²) < 4.78 is 13.1. The smallest absolute Gasteiger partial charge is 0.191 e. The van der Waals surface area contributed by atoms with Gasteiger partial charge in [-0.05, 0) is 51.9 Å². The number of benzene rings is 1. The minimum atomic E-state index is -0.185. The predicted molar refractivity (Wildman–Crippen MR) is 91.9 cm³/mol. The highest BCUT2D eigenvalue weighted by Gasteiger charge is 2.02. The van der Waals surface area contributed by atoms with Crippen LogP contribution in [-0.2, 0) is 6.42 Å². The van der Waals surface area contributed by atoms with Gasteiger partial charge < -0.3 is 15.5 Å². The van der Waals surface area contributed by atoms with E-state index in [0.29, 0.717) is 6.04 Å². The van der Waals surface area contributed by atoms with Gasteiger partial charge in [-0.15, -0.1) is 0 Å². The molecule has 2 N–H and O–H groups in total. The van der Waals surface area contributed by atoms with Gasteiger partial charge in [0.25, 0.3) is 0 Å². The van der Waals surface area contributed by atoms with Crippen molar-refractivity contribution in [1.29, 1.82) is 0 Å². The highest BCUT2D eigenvalue weighted by atomic mass is 19.1. The first-order valence-electron chi connectivity index (χ1n) is 7.99. The zero-order chi connectivity index (χ0) is 16.4. The van der Waals surface area contributed by atoms with Crippen LogP contribution in [0.15, 0.2) is 29.3 Å². The summed E-state index contributed by atoms with van der Waals surface area (Å²) in [4.78, 5) is 6.83. The molecule has 22 heavy (non-hydrogen) atoms. The molecular weight excluding hydrogens is 279 g/mol. The van der Waals surface area contributed by atoms with Gasteiger partial charge in [0.05, 0.1) is 6.54 Å². The van der Waals surface area contributed by atoms with Gasteiger partial charge in [0.1, 0.15) is 5.82 Å². The number of nitrogens with one attached hydrogen (secondary N) is 2. The molecule has 0 unspecified atom stereocenters. The molecule has 0 aliphatic heterocycles. The molecule has 1 aromatic rings. The maximum absolute atomic E-state index is 13.1. The molecule has 0 saturated carbocycles. The molecule has 5 heteroatoms. The number of likely N-dealkylation sites (N-methyl/N-ethyl adjacent to an activating group) is 1. The summed E-state index contributed by atoms with van der Waals surface area (Å²) in [5.41, 5.74) is 0.989. The van der Waals surface area contributed by atoms with Crippen LogP contribution < -0.4 is 10.6 Å². The number of hydrogen-bond donors (Lipinski definition) is 2. The first-order chi connectivity index (χ1) is 10.5. The van der Waals surface area contributed by atoms with Crippen LogP contribution in [-0.4, -0.2) is 50.1 Å². The Morgan fingerprint density at radius 1 is 1.32 bits per heavy atom. The van der Waals surface area contributed by atoms with Crippen molar-refractivity contribution in [2.45, 2.75) is 33.2 Å². The molecule has 0 atom stereocenters. The average molecular weight is 308 g/mol. The lowest BCUT2D eigenvalue weighted by Crippen LogP contribution is -2.39. The van der Waals surface area contributed by atoms with E-state index in [1.165, 1.54) is 6.07 Å². The zero-order valence-corrected chi connectivity index (χ0v) is 14.2. The highest BCUT2D eigenvalue weighted by molar-refractivity contribution is 5.79. The minimum Gasteiger partial charge on any atom is -0.357 e. The molecule has 1 aromatic carbocycles. The van der Waals surface area contributed by atoms with Crippen LogP contribution in [0.25, 0.3) is 0 Å². The van der Waals surface area contributed by atoms with Gasteiger partial charge in [-0.1, -0.05) is 12.1 Å². The molecule has 1 rings (SSSR count). The van der Waals surface area contributed by atoms with Crippen LogP contribution in [0.4, 0.5) is 4.39 Å². The summed E-state index contributed by atoms with van der Waals surface area (Å²) in [6, 6.07) is 7.24. The van der Waals surface area contributed by atoms with E-state index in [1.807, 2.05) is 13.0 Å². The highest BCUT2D eigenvalue weighted by Crippen LogP contribution is 2.03. The molecule has 0 aliphatic rings. The monoisotopic (exact) mass is 308 g/mol. The van der Waals surface area contributed by atoms with Crippen molar-refractivity contribution in [1.82, 2.24) is 15.5 Å². The second-order valence-electron chi connectivity index (χ2n) is 5.64. The molecule has 0 heterocycles. The Labute approximate surface area is 133 Å². The van der Waals surface area contributed by atoms with Gasteiger partial charge >= 0.3 is 0 Å². The third kappa shape index (κ3) is 7.41. The number of guanidine groups is 1. The molecular formula is C17H29FN4. The third-order valence-corrected chi connectivity index (χ3v) is 3.54. The SMILES string of the molecule is CCNC(=NCCN(C)C(C)C)NCCc1cccc(F)c1. The Hall–Kier alpha value is -1.62. The zero-order valence-electron chi connectivity index (χ0n) is 14.2. The predicted octanol–water partition coefficient (Wildman–Crippen LogP) is 2.26. The summed E-state index contributed by atoms with van der Waals surface area (Å²) in [5.74, 6) is 0.630. The van der Waals surface area contributed by atoms with Crippen molar-refractivity contribution < 1.29 is 4.39 Å². The number of aliphatic imine (C=N–C) groups is 1. The van der Waals surface area contributed by atoms with E-state index in [9.17, 15) is 4.39 Å². The Morgan fingerprint density at radius 2 is 2.09 bits per heavy atom. The lowest BCUT2D eigenvalue weighted by molar-refractivity contribution is 0.282. The summed E-state index contributed by atoms with van der Waals surface area (Å²) in [6.07, 6.45) is 0.772. The normalized spacial score (nSPS) is 12.0. The van der Waals surface area contributed by atoms with Crippen LogP contribution in [0.3, 0.4) is 0 Å². The van der Waals surface area contributed by atoms with Crippen molar-refractivity contribution in [3.05, 3.63) is 35.6 Å². The van der Waals surface area contributed by atoms with Gasteiger partial charge in [0, 0.05) is 25.7 Å². The quantitative estimate of drug-likeness (QED) is 0.572. The van der Waals surface area contributed by atoms with Crippen molar-refractivity contribution in [3.63, 3.8) is 0 Å². The Bertz CT molecular complexity index is 460. The first kappa shape index (κ1) is 18.4. The fourth-order valence-corrected chi connectivity index (χ4v) is 1.94. The van der Waals surface area contributed by atoms with Crippen LogP contribution in [0.2, 0.25) is 0 Å². The van der Waals surface area contributed by atoms with Crippen molar-refractivity contribution >= 4 is 5.96 Å². The average Bonchev–Trinajstić information content (AvgIpc) is 2.47. The molecule has 0 amide bonds. The van der Waals surface area contributed by atoms with E-state index in [-0.39, 0.29) is 5.82 Å². The van der Waals surface area contributed by atoms with Crippen molar-refractivity contribution in [2.24, 2.45) is 4.99 Å². The number of nitrogens with zero attached hydrogens (tertiary/aromatic N) is 2. The first-order valence-corrected chi connectivity index (χ1v) is 7.99. The molecule has 4 nitrogen and oxygen atoms in total. The Kier molecular flexibility index (Phi) is 8.51. The maximum Gasteiger partial charge on any atom is 0.191 e. The van der Waals surface area contributed by atoms with E-state index >= 15 is 0 Å². The van der Waals surface area contributed by atoms with E-state index in [0.717, 1.165) is 44.1 Å². The molecule has 0 spiro atoms. The largest absolute Gasteiger partial charge is 0.357 e. The van der Waals surface area contributed by atoms with E-state index in [4.69, 9.17) is 0 Å². The van der Waals surface area contributed by atoms with Gasteiger partial charge in [0.15, 0.2) is 5.96 Å². The molecule has 0 aromatic heterocycles. The molecule has 0 saturated heterocycles. The van der Waals surface area contributed by atoms with Crippen LogP contribution >= 0.6 is 0 Å². The third-order valence-electron chi connectivity index (χ3n) is 3.54. The lowest BCUT2D eigenvalue weighted by Gasteiger charge is -2.20. The van der Waals surface area contributed by atoms with E-state index in [2.05, 4.69) is 41.4 Å². The van der Waals surface area contributed by atoms with Gasteiger partial charge in [-0.2, -0.15) is 0 Å². The standard InChI is InChI=1S/C17H29FN4/c1-5-19-17(21-11-12-22(4)14(2)3)20-10-9-15-7-6-8-16(18)13-15/h6-8,13-14H,5,9-12H2,1-4H3,(H2,19,20,21). The van der Waals surface area contributed by atoms with Crippen LogP contribution in [0, 0.1) is 5.82 Å². The fraction of sp³-hybridized carbons (Fsp3) is 0.588. The molecule has 0 radical (unpaired) electrons. The number of halogens is 1. The maximum atomic E-state index is 13.1. The lowest BCUT2D eigenvalue weighted by atomic mass is 10.1. The van der Waals surface area contributed by atoms with E-state index in [1.54, 1.807) is 12.1 Å². The topological polar surface area (TPSA) is 39.7 Å². The van der Waals surface area contributed by atoms with Crippen LogP contribution in [0.1, 0.15) is 26.3 Å².